The minimum Gasteiger partial charge on any atom is -0.392 e. The zero-order valence-corrected chi connectivity index (χ0v) is 11.7. The maximum absolute atomic E-state index is 11.3. The van der Waals surface area contributed by atoms with Crippen LogP contribution < -0.4 is 5.32 Å². The maximum atomic E-state index is 11.3. The Morgan fingerprint density at radius 1 is 1.24 bits per heavy atom. The van der Waals surface area contributed by atoms with Gasteiger partial charge >= 0.3 is 0 Å². The molecule has 0 bridgehead atoms. The third kappa shape index (κ3) is 4.94. The first-order chi connectivity index (χ1) is 7.98. The molecule has 1 heterocycles. The summed E-state index contributed by atoms with van der Waals surface area (Å²) in [4.78, 5) is 0. The predicted octanol–water partition coefficient (Wildman–Crippen LogP) is 0.950. The van der Waals surface area contributed by atoms with Crippen LogP contribution in [0.3, 0.4) is 0 Å². The first-order valence-electron chi connectivity index (χ1n) is 6.60. The van der Waals surface area contributed by atoms with Crippen molar-refractivity contribution < 1.29 is 13.5 Å². The summed E-state index contributed by atoms with van der Waals surface area (Å²) in [6.45, 7) is 4.76. The topological polar surface area (TPSA) is 66.4 Å². The highest BCUT2D eigenvalue weighted by Gasteiger charge is 2.24. The Hall–Kier alpha value is -0.130. The Morgan fingerprint density at radius 3 is 2.24 bits per heavy atom. The largest absolute Gasteiger partial charge is 0.392 e. The average Bonchev–Trinajstić information content (AvgIpc) is 2.29. The van der Waals surface area contributed by atoms with Crippen molar-refractivity contribution in [1.82, 2.24) is 5.32 Å². The van der Waals surface area contributed by atoms with E-state index in [-0.39, 0.29) is 23.7 Å². The highest BCUT2D eigenvalue weighted by Crippen LogP contribution is 2.15. The number of hydrogen-bond donors (Lipinski definition) is 2. The van der Waals surface area contributed by atoms with Crippen molar-refractivity contribution in [2.45, 2.75) is 51.7 Å². The van der Waals surface area contributed by atoms with Crippen LogP contribution in [0.15, 0.2) is 0 Å². The molecular weight excluding hydrogens is 238 g/mol. The number of aliphatic hydroxyl groups is 1. The van der Waals surface area contributed by atoms with Crippen molar-refractivity contribution in [2.75, 3.05) is 18.1 Å². The van der Waals surface area contributed by atoms with Crippen LogP contribution in [0.4, 0.5) is 0 Å². The first-order valence-corrected chi connectivity index (χ1v) is 8.42. The number of hydrogen-bond acceptors (Lipinski definition) is 4. The molecule has 4 nitrogen and oxygen atoms in total. The van der Waals surface area contributed by atoms with E-state index < -0.39 is 9.84 Å². The van der Waals surface area contributed by atoms with E-state index in [1.807, 2.05) is 0 Å². The molecule has 0 radical (unpaired) electrons. The van der Waals surface area contributed by atoms with Crippen LogP contribution in [0.1, 0.15) is 39.5 Å². The van der Waals surface area contributed by atoms with Gasteiger partial charge < -0.3 is 10.4 Å². The van der Waals surface area contributed by atoms with Gasteiger partial charge in [0.25, 0.3) is 0 Å². The molecule has 1 unspecified atom stereocenters. The molecule has 2 N–H and O–H groups in total. The summed E-state index contributed by atoms with van der Waals surface area (Å²) in [7, 11) is -2.78. The highest BCUT2D eigenvalue weighted by molar-refractivity contribution is 7.91. The molecule has 1 saturated heterocycles. The normalized spacial score (nSPS) is 22.8. The van der Waals surface area contributed by atoms with Gasteiger partial charge in [0.05, 0.1) is 17.6 Å². The molecule has 0 aromatic carbocycles. The number of rotatable bonds is 6. The molecule has 1 fully saturated rings. The molecule has 17 heavy (non-hydrogen) atoms. The van der Waals surface area contributed by atoms with Crippen molar-refractivity contribution in [3.63, 3.8) is 0 Å². The second kappa shape index (κ2) is 6.71. The van der Waals surface area contributed by atoms with E-state index in [1.165, 1.54) is 0 Å². The van der Waals surface area contributed by atoms with Gasteiger partial charge in [-0.1, -0.05) is 26.7 Å². The van der Waals surface area contributed by atoms with Gasteiger partial charge in [0, 0.05) is 12.6 Å². The van der Waals surface area contributed by atoms with Crippen LogP contribution in [0.5, 0.6) is 0 Å². The van der Waals surface area contributed by atoms with Crippen molar-refractivity contribution in [2.24, 2.45) is 5.92 Å². The summed E-state index contributed by atoms with van der Waals surface area (Å²) in [5.74, 6) is 0.909. The zero-order chi connectivity index (χ0) is 12.9. The molecule has 1 aliphatic heterocycles. The van der Waals surface area contributed by atoms with Crippen molar-refractivity contribution >= 4 is 9.84 Å². The quantitative estimate of drug-likeness (QED) is 0.749. The molecule has 1 atom stereocenters. The minimum absolute atomic E-state index is 0.252. The molecule has 0 spiro atoms. The third-order valence-electron chi connectivity index (χ3n) is 3.76. The highest BCUT2D eigenvalue weighted by atomic mass is 32.2. The van der Waals surface area contributed by atoms with Crippen LogP contribution in [0.2, 0.25) is 0 Å². The van der Waals surface area contributed by atoms with Crippen LogP contribution in [-0.2, 0) is 9.84 Å². The van der Waals surface area contributed by atoms with Gasteiger partial charge in [-0.05, 0) is 18.8 Å². The van der Waals surface area contributed by atoms with Gasteiger partial charge in [-0.25, -0.2) is 8.42 Å². The molecule has 5 heteroatoms. The summed E-state index contributed by atoms with van der Waals surface area (Å²) in [5.41, 5.74) is 0. The fourth-order valence-corrected chi connectivity index (χ4v) is 3.87. The van der Waals surface area contributed by atoms with Crippen molar-refractivity contribution in [3.05, 3.63) is 0 Å². The smallest absolute Gasteiger partial charge is 0.150 e. The molecular formula is C12H25NO3S. The Labute approximate surface area is 105 Å². The summed E-state index contributed by atoms with van der Waals surface area (Å²) in [6, 6.07) is 0.252. The molecule has 0 aliphatic carbocycles. The van der Waals surface area contributed by atoms with E-state index in [1.54, 1.807) is 0 Å². The minimum atomic E-state index is -2.78. The number of aliphatic hydroxyl groups excluding tert-OH is 1. The van der Waals surface area contributed by atoms with Crippen LogP contribution >= 0.6 is 0 Å². The van der Waals surface area contributed by atoms with E-state index >= 15 is 0 Å². The summed E-state index contributed by atoms with van der Waals surface area (Å²) in [6.07, 6.45) is 3.01. The van der Waals surface area contributed by atoms with Crippen LogP contribution in [0.25, 0.3) is 0 Å². The number of nitrogens with one attached hydrogen (secondary N) is 1. The summed E-state index contributed by atoms with van der Waals surface area (Å²) in [5, 5.41) is 13.3. The number of sulfone groups is 1. The lowest BCUT2D eigenvalue weighted by atomic mass is 9.96. The Morgan fingerprint density at radius 2 is 1.76 bits per heavy atom. The molecule has 0 amide bonds. The monoisotopic (exact) mass is 263 g/mol. The molecule has 0 saturated carbocycles. The van der Waals surface area contributed by atoms with Gasteiger partial charge in [0.15, 0.2) is 0 Å². The van der Waals surface area contributed by atoms with Crippen LogP contribution in [0, 0.1) is 5.92 Å². The van der Waals surface area contributed by atoms with E-state index in [0.29, 0.717) is 25.3 Å². The van der Waals surface area contributed by atoms with Gasteiger partial charge in [-0.15, -0.1) is 0 Å². The predicted molar refractivity (Wildman–Crippen MR) is 69.8 cm³/mol. The fourth-order valence-electron chi connectivity index (χ4n) is 2.38. The van der Waals surface area contributed by atoms with Gasteiger partial charge in [-0.2, -0.15) is 0 Å². The summed E-state index contributed by atoms with van der Waals surface area (Å²) >= 11 is 0. The molecule has 1 aliphatic rings. The summed E-state index contributed by atoms with van der Waals surface area (Å²) < 4.78 is 22.5. The van der Waals surface area contributed by atoms with E-state index in [9.17, 15) is 13.5 Å². The average molecular weight is 263 g/mol. The fraction of sp³-hybridized carbons (Fsp3) is 1.00. The second-order valence-electron chi connectivity index (χ2n) is 4.98. The Balaban J connectivity index is 2.27. The van der Waals surface area contributed by atoms with Gasteiger partial charge in [0.2, 0.25) is 0 Å². The van der Waals surface area contributed by atoms with Gasteiger partial charge in [-0.3, -0.25) is 0 Å². The SMILES string of the molecule is CCC(CC)C(O)CNC1CCS(=O)(=O)CC1. The standard InChI is InChI=1S/C12H25NO3S/c1-3-10(4-2)12(14)9-13-11-5-7-17(15,16)8-6-11/h10-14H,3-9H2,1-2H3. The maximum Gasteiger partial charge on any atom is 0.150 e. The van der Waals surface area contributed by atoms with E-state index in [2.05, 4.69) is 19.2 Å². The second-order valence-corrected chi connectivity index (χ2v) is 7.28. The van der Waals surface area contributed by atoms with E-state index in [4.69, 9.17) is 0 Å². The van der Waals surface area contributed by atoms with E-state index in [0.717, 1.165) is 12.8 Å². The lowest BCUT2D eigenvalue weighted by Gasteiger charge is -2.26. The Kier molecular flexibility index (Phi) is 5.89. The Bertz CT molecular complexity index is 298. The molecule has 102 valence electrons. The lowest BCUT2D eigenvalue weighted by molar-refractivity contribution is 0.0978. The zero-order valence-electron chi connectivity index (χ0n) is 10.9. The lowest BCUT2D eigenvalue weighted by Crippen LogP contribution is -2.42. The van der Waals surface area contributed by atoms with Crippen molar-refractivity contribution in [1.29, 1.82) is 0 Å². The molecule has 1 rings (SSSR count). The van der Waals surface area contributed by atoms with Gasteiger partial charge in [0.1, 0.15) is 9.84 Å². The van der Waals surface area contributed by atoms with Crippen LogP contribution in [-0.4, -0.2) is 43.7 Å². The first kappa shape index (κ1) is 14.9. The third-order valence-corrected chi connectivity index (χ3v) is 5.48. The molecule has 0 aromatic rings. The molecule has 0 aromatic heterocycles. The van der Waals surface area contributed by atoms with Crippen molar-refractivity contribution in [3.8, 4) is 0 Å².